The van der Waals surface area contributed by atoms with Gasteiger partial charge in [0.2, 0.25) is 5.91 Å². The van der Waals surface area contributed by atoms with Gasteiger partial charge in [-0.1, -0.05) is 0 Å². The van der Waals surface area contributed by atoms with Gasteiger partial charge in [-0.2, -0.15) is 26.3 Å². The number of sulfone groups is 1. The fourth-order valence-corrected chi connectivity index (χ4v) is 10.5. The first-order chi connectivity index (χ1) is 21.3. The maximum atomic E-state index is 15.0. The van der Waals surface area contributed by atoms with Crippen molar-refractivity contribution in [3.63, 3.8) is 0 Å². The zero-order valence-electron chi connectivity index (χ0n) is 24.0. The summed E-state index contributed by atoms with van der Waals surface area (Å²) in [4.78, 5) is 31.0. The maximum Gasteiger partial charge on any atom is 0.436 e. The average molecular weight is 681 g/mol. The molecule has 46 heavy (non-hydrogen) atoms. The van der Waals surface area contributed by atoms with E-state index in [1.54, 1.807) is 0 Å². The number of amides is 1. The molecular weight excluding hydrogens is 652 g/mol. The molecule has 1 N–H and O–H groups in total. The number of pyridine rings is 1. The van der Waals surface area contributed by atoms with Gasteiger partial charge in [0, 0.05) is 23.7 Å². The molecule has 1 amide bonds. The lowest BCUT2D eigenvalue weighted by Crippen LogP contribution is -2.58. The third kappa shape index (κ3) is 4.26. The second-order valence-electron chi connectivity index (χ2n) is 12.9. The summed E-state index contributed by atoms with van der Waals surface area (Å²) in [6, 6.07) is 2.87. The van der Waals surface area contributed by atoms with Crippen molar-refractivity contribution in [3.8, 4) is 0 Å². The Kier molecular flexibility index (Phi) is 7.17. The van der Waals surface area contributed by atoms with E-state index >= 15 is 4.39 Å². The number of hydrogen-bond donors (Lipinski definition) is 1. The van der Waals surface area contributed by atoms with Crippen LogP contribution < -0.4 is 0 Å². The summed E-state index contributed by atoms with van der Waals surface area (Å²) in [6.45, 7) is -0.156. The van der Waals surface area contributed by atoms with Crippen LogP contribution in [0.15, 0.2) is 41.4 Å². The van der Waals surface area contributed by atoms with Crippen LogP contribution >= 0.6 is 0 Å². The van der Waals surface area contributed by atoms with E-state index in [4.69, 9.17) is 0 Å². The number of carbonyl (C=O) groups excluding carboxylic acids is 1. The van der Waals surface area contributed by atoms with Crippen molar-refractivity contribution < 1.29 is 58.2 Å². The van der Waals surface area contributed by atoms with Gasteiger partial charge in [-0.05, 0) is 93.7 Å². The molecule has 0 spiro atoms. The molecule has 2 unspecified atom stereocenters. The summed E-state index contributed by atoms with van der Waals surface area (Å²) in [7, 11) is -4.67. The zero-order valence-corrected chi connectivity index (χ0v) is 24.8. The normalized spacial score (nSPS) is 29.7. The number of carbonyl (C=O) groups is 2. The molecule has 16 heteroatoms. The second-order valence-corrected chi connectivity index (χ2v) is 15.1. The van der Waals surface area contributed by atoms with Crippen LogP contribution in [0.25, 0.3) is 0 Å². The van der Waals surface area contributed by atoms with Crippen LogP contribution in [0.3, 0.4) is 0 Å². The van der Waals surface area contributed by atoms with E-state index < -0.39 is 83.3 Å². The van der Waals surface area contributed by atoms with Crippen molar-refractivity contribution >= 4 is 21.7 Å². The molecule has 4 fully saturated rings. The smallest absolute Gasteiger partial charge is 0.436 e. The number of halogens is 8. The Morgan fingerprint density at radius 3 is 1.93 bits per heavy atom. The second kappa shape index (κ2) is 10.1. The van der Waals surface area contributed by atoms with Crippen LogP contribution in [0.4, 0.5) is 35.1 Å². The third-order valence-corrected chi connectivity index (χ3v) is 13.4. The molecule has 5 aliphatic rings. The van der Waals surface area contributed by atoms with Crippen molar-refractivity contribution in [3.05, 3.63) is 59.2 Å². The number of nitrogens with zero attached hydrogens (tertiary/aromatic N) is 2. The molecule has 250 valence electrons. The quantitative estimate of drug-likeness (QED) is 0.300. The predicted molar refractivity (Wildman–Crippen MR) is 143 cm³/mol. The number of aryl methyl sites for hydroxylation is 1. The van der Waals surface area contributed by atoms with Crippen LogP contribution in [-0.2, 0) is 36.3 Å². The number of rotatable bonds is 5. The van der Waals surface area contributed by atoms with Crippen LogP contribution in [0.2, 0.25) is 0 Å². The Balaban J connectivity index is 1.47. The number of benzene rings is 1. The molecule has 1 aromatic heterocycles. The minimum absolute atomic E-state index is 0.0427. The van der Waals surface area contributed by atoms with Crippen molar-refractivity contribution in [2.75, 3.05) is 6.54 Å². The number of hydrogen-bond acceptors (Lipinski definition) is 5. The summed E-state index contributed by atoms with van der Waals surface area (Å²) in [6.07, 6.45) is -12.1. The molecular formula is C30H28F8N2O5S. The van der Waals surface area contributed by atoms with Gasteiger partial charge in [-0.15, -0.1) is 0 Å². The highest BCUT2D eigenvalue weighted by Gasteiger charge is 2.74. The van der Waals surface area contributed by atoms with E-state index in [-0.39, 0.29) is 76.1 Å². The summed E-state index contributed by atoms with van der Waals surface area (Å²) in [5.74, 6) is -2.11. The van der Waals surface area contributed by atoms with Gasteiger partial charge < -0.3 is 10.0 Å². The number of alkyl halides is 7. The van der Waals surface area contributed by atoms with Crippen molar-refractivity contribution in [1.29, 1.82) is 0 Å². The Bertz CT molecular complexity index is 1670. The van der Waals surface area contributed by atoms with E-state index in [0.29, 0.717) is 6.07 Å². The highest BCUT2D eigenvalue weighted by Crippen LogP contribution is 2.60. The van der Waals surface area contributed by atoms with Gasteiger partial charge >= 0.3 is 24.0 Å². The number of carboxylic acids is 1. The van der Waals surface area contributed by atoms with Crippen molar-refractivity contribution in [1.82, 2.24) is 9.88 Å². The lowest BCUT2D eigenvalue weighted by molar-refractivity contribution is -0.348. The molecule has 3 saturated carbocycles. The third-order valence-electron chi connectivity index (χ3n) is 10.9. The van der Waals surface area contributed by atoms with Crippen molar-refractivity contribution in [2.24, 2.45) is 10.8 Å². The van der Waals surface area contributed by atoms with E-state index in [1.807, 2.05) is 0 Å². The molecule has 1 aromatic carbocycles. The average Bonchev–Trinajstić information content (AvgIpc) is 3.41. The molecule has 2 aromatic rings. The van der Waals surface area contributed by atoms with Gasteiger partial charge in [0.1, 0.15) is 10.6 Å². The summed E-state index contributed by atoms with van der Waals surface area (Å²) >= 11 is 0. The Hall–Kier alpha value is -3.30. The first-order valence-corrected chi connectivity index (χ1v) is 16.1. The van der Waals surface area contributed by atoms with Crippen LogP contribution in [-0.4, -0.2) is 60.2 Å². The first-order valence-electron chi connectivity index (χ1n) is 14.6. The van der Waals surface area contributed by atoms with Crippen LogP contribution in [0.5, 0.6) is 0 Å². The number of aromatic nitrogens is 1. The van der Waals surface area contributed by atoms with Gasteiger partial charge in [-0.25, -0.2) is 17.2 Å². The number of aliphatic carboxylic acids is 1. The molecule has 0 radical (unpaired) electrons. The number of carboxylic acid groups (broad SMARTS) is 1. The van der Waals surface area contributed by atoms with Crippen LogP contribution in [0.1, 0.15) is 68.2 Å². The molecule has 2 atom stereocenters. The largest absolute Gasteiger partial charge is 0.481 e. The van der Waals surface area contributed by atoms with Crippen LogP contribution in [0, 0.1) is 16.6 Å². The molecule has 1 saturated heterocycles. The Morgan fingerprint density at radius 2 is 1.41 bits per heavy atom. The summed E-state index contributed by atoms with van der Waals surface area (Å²) < 4.78 is 137. The standard InChI is InChI=1S/C30H28F8N2O5S/c31-19-2-4-20(5-3-19)46(44,45)27-13-14-40(23(41)25-7-10-26(11-8-25,12-9-25)24(42)43)21(27)6-1-17-15-18(16-39-22(17)27)28(32,29(33,34)35)30(36,37)38/h2-5,15-16,21H,1,6-14H2,(H,42,43). The topological polar surface area (TPSA) is 105 Å². The Labute approximate surface area is 257 Å². The fraction of sp³-hybridized carbons (Fsp3) is 0.567. The molecule has 7 rings (SSSR count). The van der Waals surface area contributed by atoms with Gasteiger partial charge in [0.05, 0.1) is 22.0 Å². The monoisotopic (exact) mass is 680 g/mol. The number of fused-ring (bicyclic) bond motifs is 6. The SMILES string of the molecule is O=C(O)C12CCC(C(=O)N3CCC4(S(=O)(=O)c5ccc(F)cc5)c5ncc(C(F)(C(F)(F)F)C(F)(F)F)cc5CCC34)(CC1)CC2. The lowest BCUT2D eigenvalue weighted by atomic mass is 9.53. The highest BCUT2D eigenvalue weighted by molar-refractivity contribution is 7.92. The minimum Gasteiger partial charge on any atom is -0.481 e. The van der Waals surface area contributed by atoms with E-state index in [1.165, 1.54) is 4.90 Å². The fourth-order valence-electron chi connectivity index (χ4n) is 8.22. The van der Waals surface area contributed by atoms with Gasteiger partial charge in [0.15, 0.2) is 9.84 Å². The van der Waals surface area contributed by atoms with E-state index in [9.17, 15) is 53.8 Å². The van der Waals surface area contributed by atoms with E-state index in [2.05, 4.69) is 4.98 Å². The molecule has 2 bridgehead atoms. The molecule has 1 aliphatic heterocycles. The summed E-state index contributed by atoms with van der Waals surface area (Å²) in [5, 5.41) is 9.76. The molecule has 4 aliphatic carbocycles. The summed E-state index contributed by atoms with van der Waals surface area (Å²) in [5.41, 5.74) is -10.3. The Morgan fingerprint density at radius 1 is 0.870 bits per heavy atom. The zero-order chi connectivity index (χ0) is 33.7. The highest BCUT2D eigenvalue weighted by atomic mass is 32.2. The lowest BCUT2D eigenvalue weighted by Gasteiger charge is -2.52. The van der Waals surface area contributed by atoms with Crippen molar-refractivity contribution in [2.45, 2.75) is 91.5 Å². The maximum absolute atomic E-state index is 15.0. The number of likely N-dealkylation sites (tertiary alicyclic amines) is 1. The van der Waals surface area contributed by atoms with Gasteiger partial charge in [0.25, 0.3) is 0 Å². The minimum atomic E-state index is -6.41. The van der Waals surface area contributed by atoms with E-state index in [0.717, 1.165) is 24.3 Å². The molecule has 2 heterocycles. The predicted octanol–water partition coefficient (Wildman–Crippen LogP) is 6.15. The first kappa shape index (κ1) is 32.6. The van der Waals surface area contributed by atoms with Gasteiger partial charge in [-0.3, -0.25) is 14.6 Å². The molecule has 7 nitrogen and oxygen atoms in total.